The third kappa shape index (κ3) is 5.37. The van der Waals surface area contributed by atoms with Crippen molar-refractivity contribution in [1.29, 1.82) is 5.26 Å². The molecule has 0 unspecified atom stereocenters. The lowest BCUT2D eigenvalue weighted by molar-refractivity contribution is 0.0326. The molecular formula is C16H20BrN5O3. The fourth-order valence-electron chi connectivity index (χ4n) is 2.62. The lowest BCUT2D eigenvalue weighted by Crippen LogP contribution is -2.41. The summed E-state index contributed by atoms with van der Waals surface area (Å²) in [5, 5.41) is 17.0. The Morgan fingerprint density at radius 1 is 1.20 bits per heavy atom. The first-order valence-corrected chi connectivity index (χ1v) is 9.01. The minimum absolute atomic E-state index is 0.356. The van der Waals surface area contributed by atoms with E-state index in [1.165, 1.54) is 0 Å². The summed E-state index contributed by atoms with van der Waals surface area (Å²) in [5.74, 6) is 1.40. The second-order valence-corrected chi connectivity index (χ2v) is 6.52. The summed E-state index contributed by atoms with van der Waals surface area (Å²) in [5.41, 5.74) is 0. The number of nitriles is 1. The molecule has 25 heavy (non-hydrogen) atoms. The Bertz CT molecular complexity index is 705. The summed E-state index contributed by atoms with van der Waals surface area (Å²) in [6.07, 6.45) is 0.467. The van der Waals surface area contributed by atoms with Crippen molar-refractivity contribution in [3.05, 3.63) is 22.7 Å². The molecule has 0 bridgehead atoms. The van der Waals surface area contributed by atoms with E-state index in [2.05, 4.69) is 42.0 Å². The fourth-order valence-corrected chi connectivity index (χ4v) is 2.93. The Balaban J connectivity index is 1.57. The van der Waals surface area contributed by atoms with E-state index in [9.17, 15) is 0 Å². The number of hydrogen-bond donors (Lipinski definition) is 0. The molecule has 2 aromatic heterocycles. The molecule has 0 radical (unpaired) electrons. The number of furan rings is 1. The molecule has 3 heterocycles. The van der Waals surface area contributed by atoms with Crippen LogP contribution < -0.4 is 0 Å². The quantitative estimate of drug-likeness (QED) is 0.654. The zero-order valence-electron chi connectivity index (χ0n) is 13.9. The standard InChI is InChI=1S/C16H20BrN5O3/c17-14-3-2-13(24-14)16-20-19-15(25-16)12-22(5-1-4-18)7-6-21-8-10-23-11-9-21/h2-3H,1,5-12H2. The van der Waals surface area contributed by atoms with Crippen LogP contribution >= 0.6 is 15.9 Å². The monoisotopic (exact) mass is 409 g/mol. The van der Waals surface area contributed by atoms with E-state index in [-0.39, 0.29) is 0 Å². The van der Waals surface area contributed by atoms with Crippen molar-refractivity contribution in [3.63, 3.8) is 0 Å². The van der Waals surface area contributed by atoms with E-state index in [1.54, 1.807) is 12.1 Å². The second kappa shape index (κ2) is 9.10. The largest absolute Gasteiger partial charge is 0.444 e. The van der Waals surface area contributed by atoms with Crippen LogP contribution in [0.3, 0.4) is 0 Å². The molecule has 134 valence electrons. The maximum Gasteiger partial charge on any atom is 0.283 e. The molecule has 1 aliphatic heterocycles. The first-order chi connectivity index (χ1) is 12.2. The summed E-state index contributed by atoms with van der Waals surface area (Å²) in [7, 11) is 0. The van der Waals surface area contributed by atoms with Gasteiger partial charge in [-0.05, 0) is 28.1 Å². The van der Waals surface area contributed by atoms with Crippen molar-refractivity contribution in [2.75, 3.05) is 45.9 Å². The van der Waals surface area contributed by atoms with Gasteiger partial charge in [0.05, 0.1) is 25.8 Å². The predicted molar refractivity (Wildman–Crippen MR) is 92.5 cm³/mol. The maximum absolute atomic E-state index is 8.88. The van der Waals surface area contributed by atoms with Gasteiger partial charge in [-0.25, -0.2) is 0 Å². The molecule has 1 fully saturated rings. The Morgan fingerprint density at radius 2 is 2.04 bits per heavy atom. The number of aromatic nitrogens is 2. The van der Waals surface area contributed by atoms with Crippen molar-refractivity contribution in [3.8, 4) is 17.7 Å². The Hall–Kier alpha value is -1.73. The zero-order chi connectivity index (χ0) is 17.5. The Morgan fingerprint density at radius 3 is 2.76 bits per heavy atom. The Kier molecular flexibility index (Phi) is 6.58. The molecule has 1 saturated heterocycles. The van der Waals surface area contributed by atoms with E-state index in [0.717, 1.165) is 39.4 Å². The Labute approximate surface area is 154 Å². The van der Waals surface area contributed by atoms with Gasteiger partial charge in [0, 0.05) is 39.1 Å². The summed E-state index contributed by atoms with van der Waals surface area (Å²) < 4.78 is 17.1. The minimum Gasteiger partial charge on any atom is -0.444 e. The fraction of sp³-hybridized carbons (Fsp3) is 0.562. The SMILES string of the molecule is N#CCCN(CCN1CCOCC1)Cc1nnc(-c2ccc(Br)o2)o1. The van der Waals surface area contributed by atoms with E-state index < -0.39 is 0 Å². The zero-order valence-corrected chi connectivity index (χ0v) is 15.4. The minimum atomic E-state index is 0.356. The lowest BCUT2D eigenvalue weighted by atomic mass is 10.3. The van der Waals surface area contributed by atoms with Crippen molar-refractivity contribution in [2.24, 2.45) is 0 Å². The van der Waals surface area contributed by atoms with Gasteiger partial charge in [-0.1, -0.05) is 0 Å². The van der Waals surface area contributed by atoms with Crippen molar-refractivity contribution in [2.45, 2.75) is 13.0 Å². The molecule has 9 heteroatoms. The van der Waals surface area contributed by atoms with Crippen molar-refractivity contribution >= 4 is 15.9 Å². The van der Waals surface area contributed by atoms with E-state index in [0.29, 0.717) is 41.7 Å². The maximum atomic E-state index is 8.88. The number of ether oxygens (including phenoxy) is 1. The highest BCUT2D eigenvalue weighted by molar-refractivity contribution is 9.10. The van der Waals surface area contributed by atoms with Crippen LogP contribution in [-0.2, 0) is 11.3 Å². The average Bonchev–Trinajstić information content (AvgIpc) is 3.27. The van der Waals surface area contributed by atoms with Gasteiger partial charge in [0.1, 0.15) is 0 Å². The molecule has 8 nitrogen and oxygen atoms in total. The van der Waals surface area contributed by atoms with Crippen LogP contribution in [-0.4, -0.2) is 65.9 Å². The van der Waals surface area contributed by atoms with Gasteiger partial charge in [-0.3, -0.25) is 9.80 Å². The number of morpholine rings is 1. The average molecular weight is 410 g/mol. The number of hydrogen-bond acceptors (Lipinski definition) is 8. The molecule has 0 aliphatic carbocycles. The van der Waals surface area contributed by atoms with Gasteiger partial charge in [-0.15, -0.1) is 10.2 Å². The predicted octanol–water partition coefficient (Wildman–Crippen LogP) is 2.14. The van der Waals surface area contributed by atoms with E-state index in [1.807, 2.05) is 0 Å². The first-order valence-electron chi connectivity index (χ1n) is 8.22. The third-order valence-corrected chi connectivity index (χ3v) is 4.41. The second-order valence-electron chi connectivity index (χ2n) is 5.74. The van der Waals surface area contributed by atoms with Gasteiger partial charge in [0.25, 0.3) is 5.89 Å². The van der Waals surface area contributed by atoms with Crippen molar-refractivity contribution < 1.29 is 13.6 Å². The molecule has 0 atom stereocenters. The van der Waals surface area contributed by atoms with Gasteiger partial charge in [0.2, 0.25) is 5.89 Å². The molecular weight excluding hydrogens is 390 g/mol. The van der Waals surface area contributed by atoms with Crippen LogP contribution in [0.1, 0.15) is 12.3 Å². The number of nitrogens with zero attached hydrogens (tertiary/aromatic N) is 5. The smallest absolute Gasteiger partial charge is 0.283 e. The molecule has 0 aromatic carbocycles. The van der Waals surface area contributed by atoms with Crippen LogP contribution in [0.2, 0.25) is 0 Å². The first kappa shape index (κ1) is 18.1. The van der Waals surface area contributed by atoms with Gasteiger partial charge < -0.3 is 13.6 Å². The number of halogens is 1. The van der Waals surface area contributed by atoms with Gasteiger partial charge in [0.15, 0.2) is 10.4 Å². The van der Waals surface area contributed by atoms with Crippen molar-refractivity contribution in [1.82, 2.24) is 20.0 Å². The van der Waals surface area contributed by atoms with Crippen LogP contribution in [0.4, 0.5) is 0 Å². The summed E-state index contributed by atoms with van der Waals surface area (Å²) in [6.45, 7) is 6.42. The molecule has 2 aromatic rings. The summed E-state index contributed by atoms with van der Waals surface area (Å²) >= 11 is 3.25. The van der Waals surface area contributed by atoms with Crippen LogP contribution in [0.5, 0.6) is 0 Å². The normalized spacial score (nSPS) is 15.6. The topological polar surface area (TPSA) is 91.6 Å². The van der Waals surface area contributed by atoms with Crippen LogP contribution in [0.25, 0.3) is 11.7 Å². The lowest BCUT2D eigenvalue weighted by Gasteiger charge is -2.29. The molecule has 0 amide bonds. The summed E-state index contributed by atoms with van der Waals surface area (Å²) in [4.78, 5) is 4.52. The molecule has 1 aliphatic rings. The van der Waals surface area contributed by atoms with E-state index in [4.69, 9.17) is 18.8 Å². The van der Waals surface area contributed by atoms with Gasteiger partial charge in [-0.2, -0.15) is 5.26 Å². The highest BCUT2D eigenvalue weighted by Crippen LogP contribution is 2.24. The van der Waals surface area contributed by atoms with Gasteiger partial charge >= 0.3 is 0 Å². The highest BCUT2D eigenvalue weighted by Gasteiger charge is 2.17. The molecule has 0 N–H and O–H groups in total. The summed E-state index contributed by atoms with van der Waals surface area (Å²) in [6, 6.07) is 5.74. The molecule has 3 rings (SSSR count). The molecule has 0 saturated carbocycles. The van der Waals surface area contributed by atoms with Crippen LogP contribution in [0.15, 0.2) is 25.6 Å². The number of rotatable bonds is 8. The van der Waals surface area contributed by atoms with E-state index >= 15 is 0 Å². The third-order valence-electron chi connectivity index (χ3n) is 3.99. The highest BCUT2D eigenvalue weighted by atomic mass is 79.9. The van der Waals surface area contributed by atoms with Crippen LogP contribution in [0, 0.1) is 11.3 Å². The molecule has 0 spiro atoms.